The van der Waals surface area contributed by atoms with Gasteiger partial charge < -0.3 is 5.11 Å². The van der Waals surface area contributed by atoms with Crippen LogP contribution in [0, 0.1) is 0 Å². The highest BCUT2D eigenvalue weighted by molar-refractivity contribution is 5.66. The van der Waals surface area contributed by atoms with E-state index in [4.69, 9.17) is 0 Å². The first-order chi connectivity index (χ1) is 13.2. The van der Waals surface area contributed by atoms with Gasteiger partial charge in [0.05, 0.1) is 11.8 Å². The largest absolute Gasteiger partial charge is 0.508 e. The van der Waals surface area contributed by atoms with Crippen molar-refractivity contribution in [2.24, 2.45) is 0 Å². The monoisotopic (exact) mass is 428 g/mol. The van der Waals surface area contributed by atoms with E-state index in [9.17, 15) is 45.0 Å². The van der Waals surface area contributed by atoms with Crippen molar-refractivity contribution >= 4 is 5.65 Å². The van der Waals surface area contributed by atoms with Gasteiger partial charge in [0, 0.05) is 24.0 Å². The van der Waals surface area contributed by atoms with E-state index in [0.717, 1.165) is 18.3 Å². The molecule has 0 aromatic carbocycles. The lowest BCUT2D eigenvalue weighted by atomic mass is 10.1. The lowest BCUT2D eigenvalue weighted by Crippen LogP contribution is -2.40. The molecule has 0 aliphatic heterocycles. The van der Waals surface area contributed by atoms with Gasteiger partial charge in [-0.2, -0.15) is 40.2 Å². The summed E-state index contributed by atoms with van der Waals surface area (Å²) in [5, 5.41) is 12.6. The molecular formula is C15H8F8N4O2. The minimum Gasteiger partial charge on any atom is -0.508 e. The number of nitrogens with zero attached hydrogens (tertiary/aromatic N) is 4. The number of aromatic nitrogens is 4. The fourth-order valence-corrected chi connectivity index (χ4v) is 2.46. The molecule has 0 atom stereocenters. The van der Waals surface area contributed by atoms with Crippen LogP contribution in [-0.2, 0) is 12.7 Å². The van der Waals surface area contributed by atoms with Crippen LogP contribution in [0.5, 0.6) is 5.75 Å². The van der Waals surface area contributed by atoms with Gasteiger partial charge in [0.1, 0.15) is 17.9 Å². The molecule has 3 aromatic heterocycles. The van der Waals surface area contributed by atoms with Crippen LogP contribution in [0.4, 0.5) is 35.1 Å². The number of hydrogen-bond donors (Lipinski definition) is 1. The molecule has 3 heterocycles. The second kappa shape index (κ2) is 6.42. The van der Waals surface area contributed by atoms with E-state index in [1.54, 1.807) is 0 Å². The number of pyridine rings is 1. The highest BCUT2D eigenvalue weighted by atomic mass is 19.4. The zero-order valence-electron chi connectivity index (χ0n) is 13.8. The molecule has 0 saturated carbocycles. The van der Waals surface area contributed by atoms with Gasteiger partial charge in [0.15, 0.2) is 5.69 Å². The van der Waals surface area contributed by atoms with Crippen molar-refractivity contribution in [1.82, 2.24) is 19.2 Å². The van der Waals surface area contributed by atoms with Gasteiger partial charge in [-0.25, -0.2) is 4.98 Å². The van der Waals surface area contributed by atoms with Crippen molar-refractivity contribution in [3.8, 4) is 16.9 Å². The molecule has 1 N–H and O–H groups in total. The van der Waals surface area contributed by atoms with Crippen molar-refractivity contribution in [2.75, 3.05) is 0 Å². The van der Waals surface area contributed by atoms with Crippen LogP contribution in [0.2, 0.25) is 0 Å². The third kappa shape index (κ3) is 3.73. The van der Waals surface area contributed by atoms with Gasteiger partial charge in [-0.05, 0) is 6.07 Å². The van der Waals surface area contributed by atoms with Crippen LogP contribution in [0.1, 0.15) is 5.69 Å². The molecule has 6 nitrogen and oxygen atoms in total. The third-order valence-electron chi connectivity index (χ3n) is 3.78. The Bertz CT molecular complexity index is 1130. The maximum absolute atomic E-state index is 13.4. The Balaban J connectivity index is 2.18. The first-order valence-electron chi connectivity index (χ1n) is 7.51. The Labute approximate surface area is 154 Å². The van der Waals surface area contributed by atoms with E-state index in [0.29, 0.717) is 16.8 Å². The van der Waals surface area contributed by atoms with Crippen molar-refractivity contribution < 1.29 is 40.2 Å². The zero-order chi connectivity index (χ0) is 21.8. The molecule has 0 aliphatic rings. The first-order valence-corrected chi connectivity index (χ1v) is 7.51. The summed E-state index contributed by atoms with van der Waals surface area (Å²) in [6.07, 6.45) is -9.14. The smallest absolute Gasteiger partial charge is 0.455 e. The molecule has 29 heavy (non-hydrogen) atoms. The van der Waals surface area contributed by atoms with Crippen LogP contribution in [0.3, 0.4) is 0 Å². The quantitative estimate of drug-likeness (QED) is 0.649. The molecule has 14 heteroatoms. The van der Waals surface area contributed by atoms with Crippen molar-refractivity contribution in [1.29, 1.82) is 0 Å². The van der Waals surface area contributed by atoms with Crippen molar-refractivity contribution in [3.63, 3.8) is 0 Å². The standard InChI is InChI=1S/C15H8F8N4O2/c16-13(17,15(21,22)23)6-26-5-7(4-24-26)10-11(14(18,19)20)25-9-3-8(28)1-2-27(9)12(10)29/h1-5,28H,6H2. The molecule has 0 saturated heterocycles. The molecule has 3 rings (SSSR count). The minimum absolute atomic E-state index is 0.0775. The van der Waals surface area contributed by atoms with Crippen LogP contribution in [-0.4, -0.2) is 36.4 Å². The fraction of sp³-hybridized carbons (Fsp3) is 0.267. The Morgan fingerprint density at radius 3 is 2.31 bits per heavy atom. The fourth-order valence-electron chi connectivity index (χ4n) is 2.46. The molecule has 0 aliphatic carbocycles. The summed E-state index contributed by atoms with van der Waals surface area (Å²) in [5.74, 6) is -5.67. The maximum Gasteiger partial charge on any atom is 0.455 e. The van der Waals surface area contributed by atoms with Gasteiger partial charge in [0.2, 0.25) is 0 Å². The Morgan fingerprint density at radius 2 is 1.72 bits per heavy atom. The summed E-state index contributed by atoms with van der Waals surface area (Å²) >= 11 is 0. The molecule has 156 valence electrons. The predicted molar refractivity (Wildman–Crippen MR) is 80.4 cm³/mol. The van der Waals surface area contributed by atoms with E-state index in [2.05, 4.69) is 10.1 Å². The van der Waals surface area contributed by atoms with E-state index in [-0.39, 0.29) is 4.68 Å². The summed E-state index contributed by atoms with van der Waals surface area (Å²) in [6.45, 7) is -1.99. The zero-order valence-corrected chi connectivity index (χ0v) is 13.8. The summed E-state index contributed by atoms with van der Waals surface area (Å²) in [4.78, 5) is 15.8. The number of halogens is 8. The van der Waals surface area contributed by atoms with E-state index < -0.39 is 58.6 Å². The van der Waals surface area contributed by atoms with Crippen LogP contribution < -0.4 is 5.56 Å². The third-order valence-corrected chi connectivity index (χ3v) is 3.78. The normalized spacial score (nSPS) is 13.2. The van der Waals surface area contributed by atoms with Gasteiger partial charge in [0.25, 0.3) is 5.56 Å². The number of alkyl halides is 8. The predicted octanol–water partition coefficient (Wildman–Crippen LogP) is 3.48. The summed E-state index contributed by atoms with van der Waals surface area (Å²) < 4.78 is 104. The lowest BCUT2D eigenvalue weighted by Gasteiger charge is -2.19. The SMILES string of the molecule is O=c1c(-c2cnn(CC(F)(F)C(F)(F)F)c2)c(C(F)(F)F)nc2cc(O)ccn12. The van der Waals surface area contributed by atoms with Crippen molar-refractivity contribution in [2.45, 2.75) is 24.8 Å². The second-order valence-corrected chi connectivity index (χ2v) is 5.88. The number of hydrogen-bond acceptors (Lipinski definition) is 4. The molecule has 3 aromatic rings. The molecular weight excluding hydrogens is 420 g/mol. The Morgan fingerprint density at radius 1 is 1.07 bits per heavy atom. The second-order valence-electron chi connectivity index (χ2n) is 5.88. The van der Waals surface area contributed by atoms with E-state index in [1.807, 2.05) is 0 Å². The highest BCUT2D eigenvalue weighted by Gasteiger charge is 2.57. The molecule has 0 amide bonds. The van der Waals surface area contributed by atoms with Gasteiger partial charge in [-0.1, -0.05) is 0 Å². The van der Waals surface area contributed by atoms with Crippen LogP contribution in [0.25, 0.3) is 16.8 Å². The maximum atomic E-state index is 13.4. The van der Waals surface area contributed by atoms with Gasteiger partial charge in [-0.3, -0.25) is 13.9 Å². The summed E-state index contributed by atoms with van der Waals surface area (Å²) in [6, 6.07) is 1.77. The van der Waals surface area contributed by atoms with Gasteiger partial charge >= 0.3 is 18.3 Å². The number of rotatable bonds is 3. The van der Waals surface area contributed by atoms with Crippen LogP contribution >= 0.6 is 0 Å². The topological polar surface area (TPSA) is 72.4 Å². The van der Waals surface area contributed by atoms with E-state index in [1.165, 1.54) is 0 Å². The first kappa shape index (κ1) is 20.5. The van der Waals surface area contributed by atoms with Crippen LogP contribution in [0.15, 0.2) is 35.5 Å². The van der Waals surface area contributed by atoms with Crippen molar-refractivity contribution in [3.05, 3.63) is 46.8 Å². The average molecular weight is 428 g/mol. The lowest BCUT2D eigenvalue weighted by molar-refractivity contribution is -0.287. The molecule has 0 bridgehead atoms. The molecule has 0 spiro atoms. The molecule has 0 unspecified atom stereocenters. The Hall–Kier alpha value is -3.19. The van der Waals surface area contributed by atoms with Gasteiger partial charge in [-0.15, -0.1) is 0 Å². The summed E-state index contributed by atoms with van der Waals surface area (Å²) in [5.41, 5.74) is -5.31. The summed E-state index contributed by atoms with van der Waals surface area (Å²) in [7, 11) is 0. The molecule has 0 fully saturated rings. The Kier molecular flexibility index (Phi) is 4.55. The number of aromatic hydroxyl groups is 1. The molecule has 0 radical (unpaired) electrons. The average Bonchev–Trinajstić information content (AvgIpc) is 2.99. The number of fused-ring (bicyclic) bond motifs is 1. The minimum atomic E-state index is -5.90. The highest BCUT2D eigenvalue weighted by Crippen LogP contribution is 2.37. The van der Waals surface area contributed by atoms with E-state index >= 15 is 0 Å².